The van der Waals surface area contributed by atoms with Crippen LogP contribution in [0.1, 0.15) is 11.1 Å². The molecular weight excluding hydrogens is 363 g/mol. The van der Waals surface area contributed by atoms with E-state index in [0.29, 0.717) is 23.3 Å². The second-order valence-corrected chi connectivity index (χ2v) is 6.28. The quantitative estimate of drug-likeness (QED) is 0.416. The molecule has 0 aliphatic heterocycles. The minimum atomic E-state index is -4.47. The van der Waals surface area contributed by atoms with E-state index in [2.05, 4.69) is 11.1 Å². The summed E-state index contributed by atoms with van der Waals surface area (Å²) in [5.74, 6) is 0.631. The predicted molar refractivity (Wildman–Crippen MR) is 102 cm³/mol. The molecule has 28 heavy (non-hydrogen) atoms. The molecule has 1 aromatic heterocycles. The van der Waals surface area contributed by atoms with Gasteiger partial charge in [0.05, 0.1) is 11.1 Å². The molecule has 0 unspecified atom stereocenters. The van der Waals surface area contributed by atoms with Gasteiger partial charge in [-0.15, -0.1) is 0 Å². The molecular formula is C23H15F3NO. The topological polar surface area (TPSA) is 22.1 Å². The fourth-order valence-corrected chi connectivity index (χ4v) is 3.07. The lowest BCUT2D eigenvalue weighted by Gasteiger charge is -2.13. The number of ether oxygens (including phenoxy) is 1. The van der Waals surface area contributed by atoms with Gasteiger partial charge in [0.1, 0.15) is 12.4 Å². The van der Waals surface area contributed by atoms with Crippen LogP contribution in [-0.2, 0) is 12.8 Å². The fourth-order valence-electron chi connectivity index (χ4n) is 3.07. The third kappa shape index (κ3) is 3.69. The van der Waals surface area contributed by atoms with Crippen LogP contribution in [0, 0.1) is 6.07 Å². The summed E-state index contributed by atoms with van der Waals surface area (Å²) in [5, 5.41) is 0.400. The Balaban J connectivity index is 1.71. The van der Waals surface area contributed by atoms with Gasteiger partial charge in [0.2, 0.25) is 0 Å². The molecule has 0 atom stereocenters. The highest BCUT2D eigenvalue weighted by atomic mass is 19.4. The summed E-state index contributed by atoms with van der Waals surface area (Å²) in [7, 11) is 0. The van der Waals surface area contributed by atoms with Crippen LogP contribution in [0.3, 0.4) is 0 Å². The summed E-state index contributed by atoms with van der Waals surface area (Å²) in [6.07, 6.45) is -3.18. The molecule has 2 nitrogen and oxygen atoms in total. The van der Waals surface area contributed by atoms with E-state index >= 15 is 0 Å². The maximum atomic E-state index is 13.3. The minimum Gasteiger partial charge on any atom is -0.489 e. The summed E-state index contributed by atoms with van der Waals surface area (Å²) in [6.45, 7) is 0.406. The van der Waals surface area contributed by atoms with Crippen molar-refractivity contribution in [2.24, 2.45) is 0 Å². The van der Waals surface area contributed by atoms with Crippen molar-refractivity contribution >= 4 is 10.9 Å². The third-order valence-electron chi connectivity index (χ3n) is 4.38. The van der Waals surface area contributed by atoms with Gasteiger partial charge in [-0.3, -0.25) is 4.98 Å². The molecule has 4 aromatic rings. The highest BCUT2D eigenvalue weighted by Gasteiger charge is 2.33. The summed E-state index contributed by atoms with van der Waals surface area (Å²) in [4.78, 5) is 3.93. The van der Waals surface area contributed by atoms with Gasteiger partial charge in [-0.25, -0.2) is 0 Å². The molecule has 0 aliphatic carbocycles. The SMILES string of the molecule is FC(F)(F)c1cccc2c(-c3cccc(OCc4ccccc4)c3)[c]cnc12. The van der Waals surface area contributed by atoms with Gasteiger partial charge < -0.3 is 4.74 Å². The first-order chi connectivity index (χ1) is 13.5. The molecule has 5 heteroatoms. The number of alkyl halides is 3. The number of fused-ring (bicyclic) bond motifs is 1. The standard InChI is InChI=1S/C23H15F3NO/c24-23(25,26)21-11-5-10-20-19(12-13-27-22(20)21)17-8-4-9-18(14-17)28-15-16-6-2-1-3-7-16/h1-11,13-14H,15H2. The summed E-state index contributed by atoms with van der Waals surface area (Å²) < 4.78 is 45.8. The van der Waals surface area contributed by atoms with Gasteiger partial charge in [-0.05, 0) is 29.3 Å². The maximum Gasteiger partial charge on any atom is 0.418 e. The first kappa shape index (κ1) is 18.0. The molecule has 0 N–H and O–H groups in total. The molecule has 0 spiro atoms. The lowest BCUT2D eigenvalue weighted by Crippen LogP contribution is -2.06. The van der Waals surface area contributed by atoms with Crippen molar-refractivity contribution in [1.82, 2.24) is 4.98 Å². The Morgan fingerprint density at radius 1 is 0.893 bits per heavy atom. The minimum absolute atomic E-state index is 0.0839. The van der Waals surface area contributed by atoms with Crippen LogP contribution in [0.25, 0.3) is 22.0 Å². The van der Waals surface area contributed by atoms with Crippen LogP contribution in [0.2, 0.25) is 0 Å². The van der Waals surface area contributed by atoms with E-state index in [-0.39, 0.29) is 5.52 Å². The third-order valence-corrected chi connectivity index (χ3v) is 4.38. The van der Waals surface area contributed by atoms with Crippen molar-refractivity contribution in [2.75, 3.05) is 0 Å². The fraction of sp³-hybridized carbons (Fsp3) is 0.0870. The van der Waals surface area contributed by atoms with E-state index in [4.69, 9.17) is 4.74 Å². The molecule has 3 aromatic carbocycles. The lowest BCUT2D eigenvalue weighted by molar-refractivity contribution is -0.136. The number of para-hydroxylation sites is 1. The second kappa shape index (κ2) is 7.35. The van der Waals surface area contributed by atoms with E-state index < -0.39 is 11.7 Å². The molecule has 0 saturated carbocycles. The van der Waals surface area contributed by atoms with Gasteiger partial charge >= 0.3 is 6.18 Å². The average molecular weight is 378 g/mol. The van der Waals surface area contributed by atoms with Crippen molar-refractivity contribution in [2.45, 2.75) is 12.8 Å². The van der Waals surface area contributed by atoms with Gasteiger partial charge in [-0.2, -0.15) is 13.2 Å². The van der Waals surface area contributed by atoms with Crippen molar-refractivity contribution in [3.05, 3.63) is 96.2 Å². The molecule has 0 bridgehead atoms. The molecule has 1 radical (unpaired) electrons. The first-order valence-corrected chi connectivity index (χ1v) is 8.66. The number of pyridine rings is 1. The second-order valence-electron chi connectivity index (χ2n) is 6.28. The number of halogens is 3. The highest BCUT2D eigenvalue weighted by molar-refractivity contribution is 5.96. The lowest BCUT2D eigenvalue weighted by atomic mass is 9.99. The Hall–Kier alpha value is -3.34. The Bertz CT molecular complexity index is 1110. The number of aromatic nitrogens is 1. The largest absolute Gasteiger partial charge is 0.489 e. The van der Waals surface area contributed by atoms with E-state index in [1.807, 2.05) is 48.5 Å². The average Bonchev–Trinajstić information content (AvgIpc) is 2.71. The van der Waals surface area contributed by atoms with E-state index in [0.717, 1.165) is 17.2 Å². The Kier molecular flexibility index (Phi) is 4.74. The van der Waals surface area contributed by atoms with Crippen LogP contribution >= 0.6 is 0 Å². The number of benzene rings is 3. The Morgan fingerprint density at radius 2 is 1.68 bits per heavy atom. The molecule has 0 fully saturated rings. The highest BCUT2D eigenvalue weighted by Crippen LogP contribution is 2.37. The number of nitrogens with zero attached hydrogens (tertiary/aromatic N) is 1. The molecule has 0 amide bonds. The zero-order chi connectivity index (χ0) is 19.6. The monoisotopic (exact) mass is 378 g/mol. The van der Waals surface area contributed by atoms with Crippen LogP contribution in [0.4, 0.5) is 13.2 Å². The normalized spacial score (nSPS) is 11.5. The Labute approximate surface area is 160 Å². The van der Waals surface area contributed by atoms with Gasteiger partial charge in [0, 0.05) is 23.2 Å². The van der Waals surface area contributed by atoms with Crippen LogP contribution in [0.15, 0.2) is 79.0 Å². The van der Waals surface area contributed by atoms with Crippen molar-refractivity contribution < 1.29 is 17.9 Å². The maximum absolute atomic E-state index is 13.3. The number of hydrogen-bond acceptors (Lipinski definition) is 2. The summed E-state index contributed by atoms with van der Waals surface area (Å²) in [5.41, 5.74) is 1.47. The van der Waals surface area contributed by atoms with Crippen LogP contribution in [-0.4, -0.2) is 4.98 Å². The van der Waals surface area contributed by atoms with Crippen molar-refractivity contribution in [1.29, 1.82) is 0 Å². The summed E-state index contributed by atoms with van der Waals surface area (Å²) >= 11 is 0. The molecule has 0 saturated heterocycles. The smallest absolute Gasteiger partial charge is 0.418 e. The number of rotatable bonds is 4. The zero-order valence-corrected chi connectivity index (χ0v) is 14.7. The number of hydrogen-bond donors (Lipinski definition) is 0. The zero-order valence-electron chi connectivity index (χ0n) is 14.7. The van der Waals surface area contributed by atoms with Crippen molar-refractivity contribution in [3.8, 4) is 16.9 Å². The molecule has 0 aliphatic rings. The predicted octanol–water partition coefficient (Wildman–Crippen LogP) is 6.30. The van der Waals surface area contributed by atoms with Crippen molar-refractivity contribution in [3.63, 3.8) is 0 Å². The molecule has 139 valence electrons. The Morgan fingerprint density at radius 3 is 2.46 bits per heavy atom. The molecule has 1 heterocycles. The van der Waals surface area contributed by atoms with Crippen LogP contribution in [0.5, 0.6) is 5.75 Å². The molecule has 4 rings (SSSR count). The first-order valence-electron chi connectivity index (χ1n) is 8.66. The van der Waals surface area contributed by atoms with E-state index in [1.54, 1.807) is 12.1 Å². The van der Waals surface area contributed by atoms with E-state index in [9.17, 15) is 13.2 Å². The summed E-state index contributed by atoms with van der Waals surface area (Å²) in [6, 6.07) is 24.0. The van der Waals surface area contributed by atoms with Crippen LogP contribution < -0.4 is 4.74 Å². The van der Waals surface area contributed by atoms with Gasteiger partial charge in [0.25, 0.3) is 0 Å². The van der Waals surface area contributed by atoms with Gasteiger partial charge in [0.15, 0.2) is 0 Å². The van der Waals surface area contributed by atoms with Gasteiger partial charge in [-0.1, -0.05) is 54.6 Å². The van der Waals surface area contributed by atoms with E-state index in [1.165, 1.54) is 12.3 Å².